The minimum atomic E-state index is -0.0682. The van der Waals surface area contributed by atoms with Gasteiger partial charge in [-0.1, -0.05) is 18.7 Å². The molecule has 92 valence electrons. The molecule has 0 unspecified atom stereocenters. The van der Waals surface area contributed by atoms with Gasteiger partial charge < -0.3 is 16.2 Å². The molecule has 1 aromatic heterocycles. The summed E-state index contributed by atoms with van der Waals surface area (Å²) in [5.74, 6) is 0.504. The van der Waals surface area contributed by atoms with E-state index < -0.39 is 0 Å². The maximum atomic E-state index is 8.81. The second-order valence-electron chi connectivity index (χ2n) is 3.03. The molecule has 1 heterocycles. The zero-order valence-electron chi connectivity index (χ0n) is 9.19. The smallest absolute Gasteiger partial charge is 0.195 e. The van der Waals surface area contributed by atoms with Crippen molar-refractivity contribution >= 4 is 33.8 Å². The number of aliphatic hydroxyl groups excluding tert-OH is 1. The number of aliphatic hydroxyl groups is 1. The van der Waals surface area contributed by atoms with E-state index in [4.69, 9.17) is 22.4 Å². The maximum Gasteiger partial charge on any atom is 0.195 e. The number of nitrogens with zero attached hydrogens (tertiary/aromatic N) is 1. The van der Waals surface area contributed by atoms with E-state index in [1.54, 1.807) is 17.4 Å². The molecular formula is C11H14ClN3OS. The second kappa shape index (κ2) is 7.11. The standard InChI is InChI=1S/C11H14ClN3OS/c1-2-8(9-4-3-7-17-9)10(14-5-6-16)15-11(12)13/h2-4,7,14,16H,1,5-6H2,(H2,13,15)/b10-8+. The summed E-state index contributed by atoms with van der Waals surface area (Å²) in [6.45, 7) is 4.11. The molecule has 0 aliphatic rings. The van der Waals surface area contributed by atoms with Crippen LogP contribution < -0.4 is 11.1 Å². The summed E-state index contributed by atoms with van der Waals surface area (Å²) in [5, 5.41) is 13.7. The van der Waals surface area contributed by atoms with Gasteiger partial charge in [0.05, 0.1) is 6.61 Å². The van der Waals surface area contributed by atoms with Gasteiger partial charge in [0.2, 0.25) is 0 Å². The van der Waals surface area contributed by atoms with Crippen molar-refractivity contribution in [2.75, 3.05) is 13.2 Å². The summed E-state index contributed by atoms with van der Waals surface area (Å²) >= 11 is 7.13. The Kier molecular flexibility index (Phi) is 5.76. The summed E-state index contributed by atoms with van der Waals surface area (Å²) < 4.78 is 0. The summed E-state index contributed by atoms with van der Waals surface area (Å²) in [6, 6.07) is 3.88. The third kappa shape index (κ3) is 4.22. The van der Waals surface area contributed by atoms with E-state index in [9.17, 15) is 0 Å². The lowest BCUT2D eigenvalue weighted by atomic mass is 10.2. The highest BCUT2D eigenvalue weighted by atomic mass is 35.5. The first-order chi connectivity index (χ1) is 8.19. The molecule has 0 saturated heterocycles. The highest BCUT2D eigenvalue weighted by molar-refractivity contribution is 7.11. The SMILES string of the molecule is C=C/C(=C(\N=C(N)Cl)NCCO)c1cccs1. The van der Waals surface area contributed by atoms with Crippen molar-refractivity contribution in [2.45, 2.75) is 0 Å². The molecule has 6 heteroatoms. The van der Waals surface area contributed by atoms with E-state index in [2.05, 4.69) is 16.9 Å². The van der Waals surface area contributed by atoms with Crippen LogP contribution in [-0.2, 0) is 0 Å². The van der Waals surface area contributed by atoms with E-state index >= 15 is 0 Å². The van der Waals surface area contributed by atoms with Crippen molar-refractivity contribution in [2.24, 2.45) is 10.7 Å². The Morgan fingerprint density at radius 1 is 1.71 bits per heavy atom. The van der Waals surface area contributed by atoms with Gasteiger partial charge in [0.1, 0.15) is 5.82 Å². The monoisotopic (exact) mass is 271 g/mol. The number of nitrogens with one attached hydrogen (secondary N) is 1. The van der Waals surface area contributed by atoms with E-state index in [0.717, 1.165) is 10.5 Å². The van der Waals surface area contributed by atoms with Gasteiger partial charge in [0, 0.05) is 17.0 Å². The fourth-order valence-electron chi connectivity index (χ4n) is 1.22. The molecule has 0 saturated carbocycles. The van der Waals surface area contributed by atoms with Crippen molar-refractivity contribution in [3.63, 3.8) is 0 Å². The van der Waals surface area contributed by atoms with E-state index in [1.165, 1.54) is 0 Å². The normalized spacial score (nSPS) is 13.2. The number of thiophene rings is 1. The minimum absolute atomic E-state index is 0.00390. The van der Waals surface area contributed by atoms with Gasteiger partial charge in [0.25, 0.3) is 0 Å². The third-order valence-corrected chi connectivity index (χ3v) is 2.86. The van der Waals surface area contributed by atoms with Crippen LogP contribution in [0.4, 0.5) is 0 Å². The van der Waals surface area contributed by atoms with Crippen molar-refractivity contribution in [3.05, 3.63) is 40.9 Å². The van der Waals surface area contributed by atoms with Gasteiger partial charge in [-0.2, -0.15) is 0 Å². The topological polar surface area (TPSA) is 70.6 Å². The summed E-state index contributed by atoms with van der Waals surface area (Å²) in [7, 11) is 0. The van der Waals surface area contributed by atoms with Crippen molar-refractivity contribution < 1.29 is 5.11 Å². The molecule has 4 nitrogen and oxygen atoms in total. The van der Waals surface area contributed by atoms with Crippen LogP contribution in [0, 0.1) is 0 Å². The molecule has 0 amide bonds. The van der Waals surface area contributed by atoms with Crippen LogP contribution >= 0.6 is 22.9 Å². The quantitative estimate of drug-likeness (QED) is 0.319. The Labute approximate surface area is 109 Å². The zero-order valence-corrected chi connectivity index (χ0v) is 10.8. The van der Waals surface area contributed by atoms with Crippen LogP contribution in [0.2, 0.25) is 0 Å². The molecule has 0 atom stereocenters. The molecule has 17 heavy (non-hydrogen) atoms. The number of hydrogen-bond donors (Lipinski definition) is 3. The Balaban J connectivity index is 3.13. The van der Waals surface area contributed by atoms with Crippen molar-refractivity contribution in [1.29, 1.82) is 0 Å². The largest absolute Gasteiger partial charge is 0.395 e. The van der Waals surface area contributed by atoms with Gasteiger partial charge in [0.15, 0.2) is 5.29 Å². The molecular weight excluding hydrogens is 258 g/mol. The summed E-state index contributed by atoms with van der Waals surface area (Å²) in [5.41, 5.74) is 6.16. The number of rotatable bonds is 6. The lowest BCUT2D eigenvalue weighted by Crippen LogP contribution is -2.19. The predicted molar refractivity (Wildman–Crippen MR) is 74.0 cm³/mol. The Bertz CT molecular complexity index is 422. The number of amidine groups is 1. The van der Waals surface area contributed by atoms with E-state index in [1.807, 2.05) is 17.5 Å². The molecule has 0 radical (unpaired) electrons. The highest BCUT2D eigenvalue weighted by Gasteiger charge is 2.07. The van der Waals surface area contributed by atoms with Crippen LogP contribution in [0.1, 0.15) is 4.88 Å². The van der Waals surface area contributed by atoms with Crippen LogP contribution in [0.15, 0.2) is 41.0 Å². The van der Waals surface area contributed by atoms with Crippen LogP contribution in [0.5, 0.6) is 0 Å². The molecule has 4 N–H and O–H groups in total. The van der Waals surface area contributed by atoms with Gasteiger partial charge in [-0.15, -0.1) is 11.3 Å². The third-order valence-electron chi connectivity index (χ3n) is 1.87. The molecule has 0 fully saturated rings. The second-order valence-corrected chi connectivity index (χ2v) is 4.36. The summed E-state index contributed by atoms with van der Waals surface area (Å²) in [4.78, 5) is 5.00. The highest BCUT2D eigenvalue weighted by Crippen LogP contribution is 2.24. The van der Waals surface area contributed by atoms with E-state index in [0.29, 0.717) is 12.4 Å². The molecule has 0 aliphatic heterocycles. The van der Waals surface area contributed by atoms with Crippen LogP contribution in [0.25, 0.3) is 5.57 Å². The summed E-state index contributed by atoms with van der Waals surface area (Å²) in [6.07, 6.45) is 1.68. The number of aliphatic imine (C=N–C) groups is 1. The van der Waals surface area contributed by atoms with Crippen LogP contribution in [0.3, 0.4) is 0 Å². The van der Waals surface area contributed by atoms with Crippen molar-refractivity contribution in [1.82, 2.24) is 5.32 Å². The predicted octanol–water partition coefficient (Wildman–Crippen LogP) is 1.74. The van der Waals surface area contributed by atoms with Crippen molar-refractivity contribution in [3.8, 4) is 0 Å². The zero-order chi connectivity index (χ0) is 12.7. The average molecular weight is 272 g/mol. The Hall–Kier alpha value is -1.30. The van der Waals surface area contributed by atoms with Gasteiger partial charge >= 0.3 is 0 Å². The fourth-order valence-corrected chi connectivity index (χ4v) is 2.07. The molecule has 1 aromatic rings. The first-order valence-electron chi connectivity index (χ1n) is 4.94. The average Bonchev–Trinajstić information content (AvgIpc) is 2.79. The van der Waals surface area contributed by atoms with Gasteiger partial charge in [-0.3, -0.25) is 0 Å². The Morgan fingerprint density at radius 3 is 2.94 bits per heavy atom. The molecule has 0 aromatic carbocycles. The first-order valence-corrected chi connectivity index (χ1v) is 6.19. The van der Waals surface area contributed by atoms with Gasteiger partial charge in [-0.25, -0.2) is 4.99 Å². The molecule has 0 bridgehead atoms. The Morgan fingerprint density at radius 2 is 2.47 bits per heavy atom. The number of hydrogen-bond acceptors (Lipinski definition) is 4. The minimum Gasteiger partial charge on any atom is -0.395 e. The van der Waals surface area contributed by atoms with Crippen LogP contribution in [-0.4, -0.2) is 23.6 Å². The maximum absolute atomic E-state index is 8.81. The molecule has 0 aliphatic carbocycles. The lowest BCUT2D eigenvalue weighted by molar-refractivity contribution is 0.297. The lowest BCUT2D eigenvalue weighted by Gasteiger charge is -2.09. The molecule has 0 spiro atoms. The molecule has 1 rings (SSSR count). The van der Waals surface area contributed by atoms with E-state index in [-0.39, 0.29) is 11.9 Å². The van der Waals surface area contributed by atoms with Gasteiger partial charge in [-0.05, 0) is 23.0 Å². The number of halogens is 1. The fraction of sp³-hybridized carbons (Fsp3) is 0.182. The number of nitrogens with two attached hydrogens (primary N) is 1. The number of allylic oxidation sites excluding steroid dienone is 2. The first kappa shape index (κ1) is 13.8.